The summed E-state index contributed by atoms with van der Waals surface area (Å²) in [5.41, 5.74) is 2.88. The number of rotatable bonds is 10. The SMILES string of the molecule is CNCCCOc1cc2ncnc(Nc3ccc(NC(=O)c4ccccc4)cc3)c2cc1OC. The molecular weight excluding hydrogens is 430 g/mol. The summed E-state index contributed by atoms with van der Waals surface area (Å²) in [6, 6.07) is 20.3. The van der Waals surface area contributed by atoms with E-state index in [1.165, 1.54) is 6.33 Å². The summed E-state index contributed by atoms with van der Waals surface area (Å²) in [4.78, 5) is 21.2. The molecule has 4 rings (SSSR count). The molecule has 1 heterocycles. The summed E-state index contributed by atoms with van der Waals surface area (Å²) < 4.78 is 11.4. The quantitative estimate of drug-likeness (QED) is 0.299. The van der Waals surface area contributed by atoms with Crippen molar-refractivity contribution >= 4 is 34.0 Å². The Morgan fingerprint density at radius 2 is 1.71 bits per heavy atom. The minimum atomic E-state index is -0.154. The van der Waals surface area contributed by atoms with Crippen LogP contribution in [-0.2, 0) is 0 Å². The van der Waals surface area contributed by atoms with Crippen molar-refractivity contribution in [1.29, 1.82) is 0 Å². The number of carbonyl (C=O) groups is 1. The van der Waals surface area contributed by atoms with Gasteiger partial charge in [-0.25, -0.2) is 9.97 Å². The van der Waals surface area contributed by atoms with Gasteiger partial charge in [-0.2, -0.15) is 0 Å². The van der Waals surface area contributed by atoms with Crippen molar-refractivity contribution in [1.82, 2.24) is 15.3 Å². The maximum atomic E-state index is 12.4. The zero-order valence-electron chi connectivity index (χ0n) is 19.2. The summed E-state index contributed by atoms with van der Waals surface area (Å²) in [7, 11) is 3.53. The number of anilines is 3. The molecule has 0 spiro atoms. The second-order valence-electron chi connectivity index (χ2n) is 7.57. The van der Waals surface area contributed by atoms with Crippen LogP contribution < -0.4 is 25.4 Å². The van der Waals surface area contributed by atoms with E-state index >= 15 is 0 Å². The first-order valence-electron chi connectivity index (χ1n) is 11.0. The van der Waals surface area contributed by atoms with Crippen molar-refractivity contribution in [3.8, 4) is 11.5 Å². The molecule has 8 nitrogen and oxygen atoms in total. The maximum absolute atomic E-state index is 12.4. The molecule has 3 N–H and O–H groups in total. The number of ether oxygens (including phenoxy) is 2. The van der Waals surface area contributed by atoms with E-state index < -0.39 is 0 Å². The monoisotopic (exact) mass is 457 g/mol. The third kappa shape index (κ3) is 5.60. The molecule has 0 aliphatic rings. The number of nitrogens with one attached hydrogen (secondary N) is 3. The first-order valence-corrected chi connectivity index (χ1v) is 11.0. The summed E-state index contributed by atoms with van der Waals surface area (Å²) in [6.45, 7) is 1.45. The summed E-state index contributed by atoms with van der Waals surface area (Å²) in [5, 5.41) is 10.1. The smallest absolute Gasteiger partial charge is 0.255 e. The highest BCUT2D eigenvalue weighted by atomic mass is 16.5. The fourth-order valence-electron chi connectivity index (χ4n) is 3.43. The first kappa shape index (κ1) is 23.0. The van der Waals surface area contributed by atoms with Gasteiger partial charge in [-0.05, 0) is 62.5 Å². The van der Waals surface area contributed by atoms with Gasteiger partial charge in [0.2, 0.25) is 0 Å². The molecule has 0 aliphatic carbocycles. The van der Waals surface area contributed by atoms with E-state index in [4.69, 9.17) is 9.47 Å². The minimum absolute atomic E-state index is 0.154. The Bertz CT molecular complexity index is 1250. The Morgan fingerprint density at radius 1 is 0.941 bits per heavy atom. The molecule has 1 amide bonds. The number of fused-ring (bicyclic) bond motifs is 1. The molecule has 0 atom stereocenters. The van der Waals surface area contributed by atoms with Crippen LogP contribution in [0.15, 0.2) is 73.1 Å². The van der Waals surface area contributed by atoms with Gasteiger partial charge in [0.15, 0.2) is 11.5 Å². The lowest BCUT2D eigenvalue weighted by Crippen LogP contribution is -2.11. The minimum Gasteiger partial charge on any atom is -0.493 e. The molecule has 0 saturated carbocycles. The van der Waals surface area contributed by atoms with E-state index in [-0.39, 0.29) is 5.91 Å². The molecule has 3 aromatic carbocycles. The Kier molecular flexibility index (Phi) is 7.52. The number of nitrogens with zero attached hydrogens (tertiary/aromatic N) is 2. The Labute approximate surface area is 198 Å². The normalized spacial score (nSPS) is 10.6. The number of carbonyl (C=O) groups excluding carboxylic acids is 1. The van der Waals surface area contributed by atoms with Crippen molar-refractivity contribution in [2.75, 3.05) is 37.9 Å². The van der Waals surface area contributed by atoms with Crippen molar-refractivity contribution in [3.63, 3.8) is 0 Å². The Morgan fingerprint density at radius 3 is 2.44 bits per heavy atom. The second kappa shape index (κ2) is 11.1. The highest BCUT2D eigenvalue weighted by molar-refractivity contribution is 6.04. The lowest BCUT2D eigenvalue weighted by molar-refractivity contribution is 0.102. The largest absolute Gasteiger partial charge is 0.493 e. The van der Waals surface area contributed by atoms with Gasteiger partial charge >= 0.3 is 0 Å². The van der Waals surface area contributed by atoms with Gasteiger partial charge < -0.3 is 25.4 Å². The van der Waals surface area contributed by atoms with Crippen LogP contribution >= 0.6 is 0 Å². The zero-order chi connectivity index (χ0) is 23.8. The van der Waals surface area contributed by atoms with Gasteiger partial charge in [-0.15, -0.1) is 0 Å². The molecule has 8 heteroatoms. The molecule has 34 heavy (non-hydrogen) atoms. The molecule has 4 aromatic rings. The molecular formula is C26H27N5O3. The summed E-state index contributed by atoms with van der Waals surface area (Å²) in [5.74, 6) is 1.76. The number of hydrogen-bond donors (Lipinski definition) is 3. The average molecular weight is 458 g/mol. The van der Waals surface area contributed by atoms with Crippen LogP contribution in [0.4, 0.5) is 17.2 Å². The van der Waals surface area contributed by atoms with Gasteiger partial charge in [-0.1, -0.05) is 18.2 Å². The molecule has 174 valence electrons. The molecule has 0 unspecified atom stereocenters. The molecule has 0 saturated heterocycles. The molecule has 1 aromatic heterocycles. The molecule has 0 bridgehead atoms. The van der Waals surface area contributed by atoms with Crippen LogP contribution in [0.5, 0.6) is 11.5 Å². The lowest BCUT2D eigenvalue weighted by atomic mass is 10.2. The fraction of sp³-hybridized carbons (Fsp3) is 0.192. The van der Waals surface area contributed by atoms with E-state index in [9.17, 15) is 4.79 Å². The van der Waals surface area contributed by atoms with E-state index in [0.717, 1.165) is 29.6 Å². The molecule has 0 aliphatic heterocycles. The van der Waals surface area contributed by atoms with Gasteiger partial charge in [0.25, 0.3) is 5.91 Å². The van der Waals surface area contributed by atoms with E-state index in [1.807, 2.05) is 61.6 Å². The first-order chi connectivity index (χ1) is 16.7. The van der Waals surface area contributed by atoms with Crippen LogP contribution in [0.1, 0.15) is 16.8 Å². The van der Waals surface area contributed by atoms with Crippen LogP contribution in [0.25, 0.3) is 10.9 Å². The second-order valence-corrected chi connectivity index (χ2v) is 7.57. The van der Waals surface area contributed by atoms with Crippen LogP contribution in [0.3, 0.4) is 0 Å². The van der Waals surface area contributed by atoms with Gasteiger partial charge in [0.05, 0.1) is 19.2 Å². The van der Waals surface area contributed by atoms with E-state index in [0.29, 0.717) is 35.2 Å². The van der Waals surface area contributed by atoms with Crippen LogP contribution in [0.2, 0.25) is 0 Å². The van der Waals surface area contributed by atoms with Gasteiger partial charge in [-0.3, -0.25) is 4.79 Å². The third-order valence-corrected chi connectivity index (χ3v) is 5.19. The van der Waals surface area contributed by atoms with Crippen LogP contribution in [-0.4, -0.2) is 43.2 Å². The van der Waals surface area contributed by atoms with E-state index in [2.05, 4.69) is 25.9 Å². The maximum Gasteiger partial charge on any atom is 0.255 e. The van der Waals surface area contributed by atoms with Crippen molar-refractivity contribution in [3.05, 3.63) is 78.6 Å². The zero-order valence-corrected chi connectivity index (χ0v) is 19.2. The number of benzene rings is 3. The Hall–Kier alpha value is -4.17. The Balaban J connectivity index is 1.49. The number of amides is 1. The summed E-state index contributed by atoms with van der Waals surface area (Å²) in [6.07, 6.45) is 2.40. The predicted octanol–water partition coefficient (Wildman–Crippen LogP) is 4.62. The predicted molar refractivity (Wildman–Crippen MR) is 134 cm³/mol. The fourth-order valence-corrected chi connectivity index (χ4v) is 3.43. The summed E-state index contributed by atoms with van der Waals surface area (Å²) >= 11 is 0. The number of hydrogen-bond acceptors (Lipinski definition) is 7. The van der Waals surface area contributed by atoms with Gasteiger partial charge in [0, 0.05) is 28.4 Å². The average Bonchev–Trinajstić information content (AvgIpc) is 2.88. The topological polar surface area (TPSA) is 97.4 Å². The highest BCUT2D eigenvalue weighted by Crippen LogP contribution is 2.34. The van der Waals surface area contributed by atoms with Crippen LogP contribution in [0, 0.1) is 0 Å². The van der Waals surface area contributed by atoms with E-state index in [1.54, 1.807) is 19.2 Å². The number of aromatic nitrogens is 2. The third-order valence-electron chi connectivity index (χ3n) is 5.19. The number of methoxy groups -OCH3 is 1. The standard InChI is InChI=1S/C26H27N5O3/c1-27-13-6-14-34-24-16-22-21(15-23(24)33-2)25(29-17-28-22)30-19-9-11-20(12-10-19)31-26(32)18-7-4-3-5-8-18/h3-5,7-12,15-17,27H,6,13-14H2,1-2H3,(H,31,32)(H,28,29,30). The lowest BCUT2D eigenvalue weighted by Gasteiger charge is -2.14. The van der Waals surface area contributed by atoms with Crippen molar-refractivity contribution < 1.29 is 14.3 Å². The van der Waals surface area contributed by atoms with Crippen molar-refractivity contribution in [2.45, 2.75) is 6.42 Å². The van der Waals surface area contributed by atoms with Gasteiger partial charge in [0.1, 0.15) is 12.1 Å². The van der Waals surface area contributed by atoms with Crippen molar-refractivity contribution in [2.24, 2.45) is 0 Å². The highest BCUT2D eigenvalue weighted by Gasteiger charge is 2.12. The molecule has 0 fully saturated rings. The molecule has 0 radical (unpaired) electrons.